The SMILES string of the molecule is COc1ccc2nc3ccccc3c(Cl)c2c1[N+](=O)[O-]. The van der Waals surface area contributed by atoms with Gasteiger partial charge < -0.3 is 4.74 Å². The van der Waals surface area contributed by atoms with Crippen LogP contribution in [0.1, 0.15) is 0 Å². The molecule has 20 heavy (non-hydrogen) atoms. The monoisotopic (exact) mass is 288 g/mol. The van der Waals surface area contributed by atoms with Gasteiger partial charge in [-0.15, -0.1) is 0 Å². The zero-order valence-corrected chi connectivity index (χ0v) is 11.2. The van der Waals surface area contributed by atoms with Gasteiger partial charge in [-0.2, -0.15) is 0 Å². The Morgan fingerprint density at radius 1 is 1.20 bits per heavy atom. The first-order valence-electron chi connectivity index (χ1n) is 5.83. The Bertz CT molecular complexity index is 849. The quantitative estimate of drug-likeness (QED) is 0.407. The van der Waals surface area contributed by atoms with Gasteiger partial charge in [-0.1, -0.05) is 29.8 Å². The summed E-state index contributed by atoms with van der Waals surface area (Å²) in [5, 5.41) is 12.6. The van der Waals surface area contributed by atoms with Crippen LogP contribution in [-0.4, -0.2) is 17.0 Å². The Kier molecular flexibility index (Phi) is 2.91. The van der Waals surface area contributed by atoms with Crippen LogP contribution in [0.3, 0.4) is 0 Å². The van der Waals surface area contributed by atoms with Crippen molar-refractivity contribution in [1.82, 2.24) is 4.98 Å². The van der Waals surface area contributed by atoms with E-state index in [0.29, 0.717) is 26.8 Å². The van der Waals surface area contributed by atoms with Crippen LogP contribution in [-0.2, 0) is 0 Å². The Morgan fingerprint density at radius 3 is 2.65 bits per heavy atom. The minimum Gasteiger partial charge on any atom is -0.490 e. The molecule has 3 rings (SSSR count). The molecule has 3 aromatic rings. The average molecular weight is 289 g/mol. The third-order valence-corrected chi connectivity index (χ3v) is 3.51. The number of para-hydroxylation sites is 1. The van der Waals surface area contributed by atoms with Crippen molar-refractivity contribution in [3.05, 3.63) is 51.5 Å². The number of hydrogen-bond acceptors (Lipinski definition) is 4. The molecule has 100 valence electrons. The highest BCUT2D eigenvalue weighted by atomic mass is 35.5. The highest BCUT2D eigenvalue weighted by molar-refractivity contribution is 6.41. The van der Waals surface area contributed by atoms with Crippen LogP contribution in [0.5, 0.6) is 5.75 Å². The number of halogens is 1. The van der Waals surface area contributed by atoms with Crippen LogP contribution in [0.15, 0.2) is 36.4 Å². The number of aromatic nitrogens is 1. The first kappa shape index (κ1) is 12.6. The Balaban J connectivity index is 2.56. The van der Waals surface area contributed by atoms with E-state index < -0.39 is 4.92 Å². The molecule has 0 spiro atoms. The Morgan fingerprint density at radius 2 is 1.95 bits per heavy atom. The van der Waals surface area contributed by atoms with E-state index in [-0.39, 0.29) is 11.4 Å². The van der Waals surface area contributed by atoms with Crippen LogP contribution in [0, 0.1) is 10.1 Å². The summed E-state index contributed by atoms with van der Waals surface area (Å²) in [6.45, 7) is 0. The smallest absolute Gasteiger partial charge is 0.321 e. The Labute approximate surface area is 118 Å². The molecular formula is C14H9ClN2O3. The molecule has 1 heterocycles. The molecule has 0 aliphatic rings. The summed E-state index contributed by atoms with van der Waals surface area (Å²) in [5.74, 6) is 0.168. The van der Waals surface area contributed by atoms with E-state index in [1.807, 2.05) is 18.2 Å². The molecule has 1 aromatic heterocycles. The van der Waals surface area contributed by atoms with Gasteiger partial charge in [-0.05, 0) is 18.2 Å². The van der Waals surface area contributed by atoms with Gasteiger partial charge in [0.15, 0.2) is 5.75 Å². The number of methoxy groups -OCH3 is 1. The summed E-state index contributed by atoms with van der Waals surface area (Å²) < 4.78 is 5.05. The molecule has 0 N–H and O–H groups in total. The first-order valence-corrected chi connectivity index (χ1v) is 6.20. The van der Waals surface area contributed by atoms with Crippen LogP contribution in [0.2, 0.25) is 5.02 Å². The second-order valence-corrected chi connectivity index (χ2v) is 4.59. The van der Waals surface area contributed by atoms with Gasteiger partial charge in [-0.3, -0.25) is 10.1 Å². The number of rotatable bonds is 2. The molecule has 2 aromatic carbocycles. The van der Waals surface area contributed by atoms with Gasteiger partial charge in [0.2, 0.25) is 0 Å². The van der Waals surface area contributed by atoms with Crippen LogP contribution < -0.4 is 4.74 Å². The highest BCUT2D eigenvalue weighted by Crippen LogP contribution is 2.41. The molecular weight excluding hydrogens is 280 g/mol. The van der Waals surface area contributed by atoms with Gasteiger partial charge in [-0.25, -0.2) is 4.98 Å². The van der Waals surface area contributed by atoms with Crippen molar-refractivity contribution >= 4 is 39.1 Å². The zero-order valence-electron chi connectivity index (χ0n) is 10.5. The lowest BCUT2D eigenvalue weighted by molar-refractivity contribution is -0.383. The molecule has 0 radical (unpaired) electrons. The number of fused-ring (bicyclic) bond motifs is 2. The maximum atomic E-state index is 11.3. The molecule has 0 amide bonds. The maximum absolute atomic E-state index is 11.3. The molecule has 0 bridgehead atoms. The number of nitro groups is 1. The number of ether oxygens (including phenoxy) is 1. The second-order valence-electron chi connectivity index (χ2n) is 4.21. The summed E-state index contributed by atoms with van der Waals surface area (Å²) in [4.78, 5) is 15.2. The second kappa shape index (κ2) is 4.61. The fourth-order valence-corrected chi connectivity index (χ4v) is 2.58. The molecule has 0 aliphatic heterocycles. The standard InChI is InChI=1S/C14H9ClN2O3/c1-20-11-7-6-10-12(14(11)17(18)19)13(15)8-4-2-3-5-9(8)16-10/h2-7H,1H3. The molecule has 6 heteroatoms. The van der Waals surface area contributed by atoms with E-state index in [0.717, 1.165) is 0 Å². The van der Waals surface area contributed by atoms with E-state index in [4.69, 9.17) is 16.3 Å². The van der Waals surface area contributed by atoms with E-state index >= 15 is 0 Å². The van der Waals surface area contributed by atoms with Crippen molar-refractivity contribution in [3.63, 3.8) is 0 Å². The summed E-state index contributed by atoms with van der Waals surface area (Å²) in [6.07, 6.45) is 0. The van der Waals surface area contributed by atoms with Crippen molar-refractivity contribution in [1.29, 1.82) is 0 Å². The highest BCUT2D eigenvalue weighted by Gasteiger charge is 2.23. The largest absolute Gasteiger partial charge is 0.490 e. The predicted molar refractivity (Wildman–Crippen MR) is 77.5 cm³/mol. The van der Waals surface area contributed by atoms with Gasteiger partial charge in [0.05, 0.1) is 28.1 Å². The fraction of sp³-hybridized carbons (Fsp3) is 0.0714. The fourth-order valence-electron chi connectivity index (χ4n) is 2.24. The third-order valence-electron chi connectivity index (χ3n) is 3.12. The maximum Gasteiger partial charge on any atom is 0.321 e. The number of hydrogen-bond donors (Lipinski definition) is 0. The van der Waals surface area contributed by atoms with Gasteiger partial charge >= 0.3 is 5.69 Å². The lowest BCUT2D eigenvalue weighted by atomic mass is 10.1. The molecule has 5 nitrogen and oxygen atoms in total. The van der Waals surface area contributed by atoms with Crippen LogP contribution >= 0.6 is 11.6 Å². The van der Waals surface area contributed by atoms with Crippen LogP contribution in [0.4, 0.5) is 5.69 Å². The summed E-state index contributed by atoms with van der Waals surface area (Å²) in [5.41, 5.74) is 1.01. The normalized spacial score (nSPS) is 10.9. The van der Waals surface area contributed by atoms with E-state index in [1.54, 1.807) is 12.1 Å². The minimum absolute atomic E-state index is 0.159. The first-order chi connectivity index (χ1) is 9.63. The molecule has 0 saturated carbocycles. The van der Waals surface area contributed by atoms with Gasteiger partial charge in [0, 0.05) is 5.39 Å². The lowest BCUT2D eigenvalue weighted by Crippen LogP contribution is -1.96. The van der Waals surface area contributed by atoms with Gasteiger partial charge in [0.25, 0.3) is 0 Å². The predicted octanol–water partition coefficient (Wildman–Crippen LogP) is 3.96. The van der Waals surface area contributed by atoms with Crippen molar-refractivity contribution in [2.24, 2.45) is 0 Å². The van der Waals surface area contributed by atoms with Crippen molar-refractivity contribution in [2.45, 2.75) is 0 Å². The zero-order chi connectivity index (χ0) is 14.3. The topological polar surface area (TPSA) is 65.3 Å². The van der Waals surface area contributed by atoms with Gasteiger partial charge in [0.1, 0.15) is 5.39 Å². The van der Waals surface area contributed by atoms with Crippen molar-refractivity contribution < 1.29 is 9.66 Å². The third kappa shape index (κ3) is 1.75. The van der Waals surface area contributed by atoms with Crippen molar-refractivity contribution in [3.8, 4) is 5.75 Å². The summed E-state index contributed by atoms with van der Waals surface area (Å²) in [6, 6.07) is 10.4. The number of nitrogens with zero attached hydrogens (tertiary/aromatic N) is 2. The number of nitro benzene ring substituents is 1. The average Bonchev–Trinajstić information content (AvgIpc) is 2.46. The minimum atomic E-state index is -0.497. The molecule has 0 aliphatic carbocycles. The molecule has 0 fully saturated rings. The van der Waals surface area contributed by atoms with Crippen molar-refractivity contribution in [2.75, 3.05) is 7.11 Å². The number of pyridine rings is 1. The van der Waals surface area contributed by atoms with Crippen LogP contribution in [0.25, 0.3) is 21.8 Å². The molecule has 0 unspecified atom stereocenters. The van der Waals surface area contributed by atoms with E-state index in [2.05, 4.69) is 4.98 Å². The van der Waals surface area contributed by atoms with E-state index in [1.165, 1.54) is 13.2 Å². The summed E-state index contributed by atoms with van der Waals surface area (Å²) in [7, 11) is 1.39. The molecule has 0 atom stereocenters. The Hall–Kier alpha value is -2.40. The lowest BCUT2D eigenvalue weighted by Gasteiger charge is -2.08. The van der Waals surface area contributed by atoms with E-state index in [9.17, 15) is 10.1 Å². The number of benzene rings is 2. The summed E-state index contributed by atoms with van der Waals surface area (Å²) >= 11 is 6.35. The molecule has 0 saturated heterocycles.